The molecule has 1 aliphatic heterocycles. The Bertz CT molecular complexity index is 956. The molecule has 9 heteroatoms. The summed E-state index contributed by atoms with van der Waals surface area (Å²) in [4.78, 5) is 34.0. The summed E-state index contributed by atoms with van der Waals surface area (Å²) < 4.78 is 26.8. The Labute approximate surface area is 177 Å². The molecule has 6 nitrogen and oxygen atoms in total. The third-order valence-corrected chi connectivity index (χ3v) is 6.94. The van der Waals surface area contributed by atoms with Crippen LogP contribution < -0.4 is 10.2 Å². The zero-order chi connectivity index (χ0) is 21.3. The van der Waals surface area contributed by atoms with Gasteiger partial charge in [0.05, 0.1) is 5.69 Å². The smallest absolute Gasteiger partial charge is 0.223 e. The quantitative estimate of drug-likeness (QED) is 0.803. The van der Waals surface area contributed by atoms with E-state index < -0.39 is 11.6 Å². The Morgan fingerprint density at radius 2 is 2.00 bits per heavy atom. The molecule has 0 spiro atoms. The Balaban J connectivity index is 1.34. The van der Waals surface area contributed by atoms with Gasteiger partial charge in [-0.25, -0.2) is 13.8 Å². The summed E-state index contributed by atoms with van der Waals surface area (Å²) in [5, 5.41) is 3.74. The number of thiazole rings is 1. The number of nitrogens with zero attached hydrogens (tertiary/aromatic N) is 3. The lowest BCUT2D eigenvalue weighted by atomic mass is 9.90. The molecule has 2 heterocycles. The van der Waals surface area contributed by atoms with Crippen molar-refractivity contribution < 1.29 is 18.4 Å². The van der Waals surface area contributed by atoms with E-state index >= 15 is 0 Å². The summed E-state index contributed by atoms with van der Waals surface area (Å²) in [6.45, 7) is 4.56. The maximum absolute atomic E-state index is 13.8. The van der Waals surface area contributed by atoms with Crippen LogP contribution in [0, 0.1) is 17.6 Å². The molecule has 0 bridgehead atoms. The van der Waals surface area contributed by atoms with E-state index in [0.29, 0.717) is 25.9 Å². The van der Waals surface area contributed by atoms with Crippen molar-refractivity contribution in [2.75, 3.05) is 31.1 Å². The number of aryl methyl sites for hydroxylation is 1. The predicted molar refractivity (Wildman–Crippen MR) is 110 cm³/mol. The minimum Gasteiger partial charge on any atom is -0.352 e. The summed E-state index contributed by atoms with van der Waals surface area (Å²) in [6.07, 6.45) is 2.06. The van der Waals surface area contributed by atoms with Gasteiger partial charge in [0, 0.05) is 62.1 Å². The molecule has 1 saturated heterocycles. The van der Waals surface area contributed by atoms with Crippen LogP contribution in [-0.2, 0) is 29.0 Å². The Kier molecular flexibility index (Phi) is 5.99. The molecule has 0 saturated carbocycles. The molecule has 1 fully saturated rings. The van der Waals surface area contributed by atoms with Crippen LogP contribution in [0.3, 0.4) is 0 Å². The molecule has 160 valence electrons. The predicted octanol–water partition coefficient (Wildman–Crippen LogP) is 2.51. The number of fused-ring (bicyclic) bond motifs is 1. The monoisotopic (exact) mass is 434 g/mol. The third kappa shape index (κ3) is 4.45. The lowest BCUT2D eigenvalue weighted by Crippen LogP contribution is -2.48. The first kappa shape index (κ1) is 20.7. The summed E-state index contributed by atoms with van der Waals surface area (Å²) in [7, 11) is 0. The summed E-state index contributed by atoms with van der Waals surface area (Å²) in [6, 6.07) is 3.36. The second-order valence-electron chi connectivity index (χ2n) is 7.75. The first-order valence-electron chi connectivity index (χ1n) is 10.1. The number of nitrogens with one attached hydrogen (secondary N) is 1. The molecule has 1 atom stereocenters. The van der Waals surface area contributed by atoms with Crippen molar-refractivity contribution in [2.45, 2.75) is 32.7 Å². The van der Waals surface area contributed by atoms with Gasteiger partial charge in [0.1, 0.15) is 11.6 Å². The number of anilines is 1. The SMILES string of the molecule is CC(=O)N1CCN(c2nc3c(s2)C[C@H](C(=O)NCc2ccc(F)cc2F)CC3)CC1. The number of rotatable bonds is 4. The van der Waals surface area contributed by atoms with E-state index in [1.807, 2.05) is 4.90 Å². The van der Waals surface area contributed by atoms with Crippen molar-refractivity contribution in [1.82, 2.24) is 15.2 Å². The van der Waals surface area contributed by atoms with Gasteiger partial charge >= 0.3 is 0 Å². The number of piperazine rings is 1. The van der Waals surface area contributed by atoms with E-state index in [1.165, 1.54) is 12.1 Å². The summed E-state index contributed by atoms with van der Waals surface area (Å²) in [5.41, 5.74) is 1.32. The van der Waals surface area contributed by atoms with Gasteiger partial charge < -0.3 is 15.1 Å². The van der Waals surface area contributed by atoms with Crippen molar-refractivity contribution in [2.24, 2.45) is 5.92 Å². The van der Waals surface area contributed by atoms with E-state index in [1.54, 1.807) is 18.3 Å². The van der Waals surface area contributed by atoms with Gasteiger partial charge in [0.15, 0.2) is 5.13 Å². The van der Waals surface area contributed by atoms with Crippen molar-refractivity contribution in [3.63, 3.8) is 0 Å². The van der Waals surface area contributed by atoms with Crippen LogP contribution in [0.5, 0.6) is 0 Å². The lowest BCUT2D eigenvalue weighted by molar-refractivity contribution is -0.129. The van der Waals surface area contributed by atoms with Gasteiger partial charge in [-0.2, -0.15) is 0 Å². The van der Waals surface area contributed by atoms with E-state index in [0.717, 1.165) is 41.3 Å². The minimum absolute atomic E-state index is 0.0443. The highest BCUT2D eigenvalue weighted by molar-refractivity contribution is 7.15. The van der Waals surface area contributed by atoms with Gasteiger partial charge in [0.25, 0.3) is 0 Å². The first-order valence-corrected chi connectivity index (χ1v) is 10.9. The number of amides is 2. The topological polar surface area (TPSA) is 65.5 Å². The van der Waals surface area contributed by atoms with Crippen LogP contribution in [0.4, 0.5) is 13.9 Å². The summed E-state index contributed by atoms with van der Waals surface area (Å²) >= 11 is 1.62. The average molecular weight is 435 g/mol. The second-order valence-corrected chi connectivity index (χ2v) is 8.81. The van der Waals surface area contributed by atoms with Crippen molar-refractivity contribution in [3.05, 3.63) is 46.0 Å². The molecule has 2 amide bonds. The highest BCUT2D eigenvalue weighted by atomic mass is 32.1. The Hall–Kier alpha value is -2.55. The molecular formula is C21H24F2N4O2S. The van der Waals surface area contributed by atoms with Crippen LogP contribution >= 0.6 is 11.3 Å². The number of halogens is 2. The van der Waals surface area contributed by atoms with Crippen LogP contribution in [0.1, 0.15) is 29.5 Å². The zero-order valence-electron chi connectivity index (χ0n) is 16.8. The fourth-order valence-corrected chi connectivity index (χ4v) is 5.16. The van der Waals surface area contributed by atoms with Crippen LogP contribution in [-0.4, -0.2) is 47.9 Å². The molecule has 1 N–H and O–H groups in total. The molecule has 1 aliphatic carbocycles. The highest BCUT2D eigenvalue weighted by Crippen LogP contribution is 2.34. The van der Waals surface area contributed by atoms with E-state index in [2.05, 4.69) is 10.2 Å². The van der Waals surface area contributed by atoms with Crippen molar-refractivity contribution in [1.29, 1.82) is 0 Å². The van der Waals surface area contributed by atoms with Gasteiger partial charge in [-0.1, -0.05) is 6.07 Å². The molecule has 2 aromatic rings. The number of aromatic nitrogens is 1. The Morgan fingerprint density at radius 1 is 1.23 bits per heavy atom. The maximum Gasteiger partial charge on any atom is 0.223 e. The van der Waals surface area contributed by atoms with Gasteiger partial charge in [0.2, 0.25) is 11.8 Å². The van der Waals surface area contributed by atoms with E-state index in [9.17, 15) is 18.4 Å². The van der Waals surface area contributed by atoms with Crippen molar-refractivity contribution >= 4 is 28.3 Å². The number of carbonyl (C=O) groups is 2. The molecule has 0 radical (unpaired) electrons. The number of hydrogen-bond donors (Lipinski definition) is 1. The zero-order valence-corrected chi connectivity index (χ0v) is 17.6. The fourth-order valence-electron chi connectivity index (χ4n) is 3.92. The lowest BCUT2D eigenvalue weighted by Gasteiger charge is -2.33. The first-order chi connectivity index (χ1) is 14.4. The van der Waals surface area contributed by atoms with Gasteiger partial charge in [-0.05, 0) is 25.3 Å². The third-order valence-electron chi connectivity index (χ3n) is 5.76. The number of carbonyl (C=O) groups excluding carboxylic acids is 2. The van der Waals surface area contributed by atoms with Crippen LogP contribution in [0.2, 0.25) is 0 Å². The molecule has 0 unspecified atom stereocenters. The minimum atomic E-state index is -0.654. The average Bonchev–Trinajstić information content (AvgIpc) is 3.16. The Morgan fingerprint density at radius 3 is 2.70 bits per heavy atom. The molecule has 30 heavy (non-hydrogen) atoms. The highest BCUT2D eigenvalue weighted by Gasteiger charge is 2.29. The van der Waals surface area contributed by atoms with Crippen LogP contribution in [0.15, 0.2) is 18.2 Å². The van der Waals surface area contributed by atoms with Gasteiger partial charge in [-0.3, -0.25) is 9.59 Å². The molecular weight excluding hydrogens is 410 g/mol. The van der Waals surface area contributed by atoms with Gasteiger partial charge in [-0.15, -0.1) is 11.3 Å². The standard InChI is InChI=1S/C21H24F2N4O2S/c1-13(28)26-6-8-27(9-7-26)21-25-18-5-3-14(10-19(18)30-21)20(29)24-12-15-2-4-16(22)11-17(15)23/h2,4,11,14H,3,5-10,12H2,1H3,(H,24,29)/t14-/m1/s1. The number of benzene rings is 1. The summed E-state index contributed by atoms with van der Waals surface area (Å²) in [5.74, 6) is -1.48. The molecule has 4 rings (SSSR count). The van der Waals surface area contributed by atoms with Crippen LogP contribution in [0.25, 0.3) is 0 Å². The maximum atomic E-state index is 13.8. The normalized spacial score (nSPS) is 18.8. The molecule has 2 aliphatic rings. The molecule has 1 aromatic carbocycles. The second kappa shape index (κ2) is 8.67. The number of hydrogen-bond acceptors (Lipinski definition) is 5. The van der Waals surface area contributed by atoms with Crippen molar-refractivity contribution in [3.8, 4) is 0 Å². The van der Waals surface area contributed by atoms with E-state index in [4.69, 9.17) is 4.98 Å². The fraction of sp³-hybridized carbons (Fsp3) is 0.476. The largest absolute Gasteiger partial charge is 0.352 e. The molecule has 1 aromatic heterocycles. The van der Waals surface area contributed by atoms with E-state index in [-0.39, 0.29) is 29.8 Å².